The van der Waals surface area contributed by atoms with Crippen molar-refractivity contribution in [3.05, 3.63) is 86.5 Å². The van der Waals surface area contributed by atoms with Crippen LogP contribution < -0.4 is 10.8 Å². The number of carboxylic acids is 1. The first kappa shape index (κ1) is 27.3. The number of hydrogen-bond donors (Lipinski definition) is 4. The van der Waals surface area contributed by atoms with Gasteiger partial charge in [-0.05, 0) is 70.8 Å². The summed E-state index contributed by atoms with van der Waals surface area (Å²) in [4.78, 5) is 40.9. The number of aryl methyl sites for hydroxylation is 1. The van der Waals surface area contributed by atoms with E-state index in [1.807, 2.05) is 28.8 Å². The van der Waals surface area contributed by atoms with E-state index >= 15 is 0 Å². The van der Waals surface area contributed by atoms with Gasteiger partial charge in [0.05, 0.1) is 11.8 Å². The summed E-state index contributed by atoms with van der Waals surface area (Å²) in [6.07, 6.45) is 4.40. The van der Waals surface area contributed by atoms with E-state index in [2.05, 4.69) is 39.8 Å². The zero-order valence-electron chi connectivity index (χ0n) is 19.9. The predicted octanol–water partition coefficient (Wildman–Crippen LogP) is 3.81. The monoisotopic (exact) mass is 604 g/mol. The Balaban J connectivity index is 1.85. The summed E-state index contributed by atoms with van der Waals surface area (Å²) in [7, 11) is 0. The SMILES string of the molecule is CCCCc1ncc(C(=O)N[C@H](CC(=O)NO)Cc2ccc(I)cc2)n1Cc1ccc(C(=O)O)cc1. The van der Waals surface area contributed by atoms with Crippen molar-refractivity contribution in [3.8, 4) is 0 Å². The van der Waals surface area contributed by atoms with Gasteiger partial charge in [0.15, 0.2) is 0 Å². The fourth-order valence-corrected chi connectivity index (χ4v) is 4.21. The van der Waals surface area contributed by atoms with Crippen LogP contribution in [0.5, 0.6) is 0 Å². The van der Waals surface area contributed by atoms with Crippen LogP contribution in [0, 0.1) is 3.57 Å². The van der Waals surface area contributed by atoms with Gasteiger partial charge in [0.2, 0.25) is 5.91 Å². The van der Waals surface area contributed by atoms with Gasteiger partial charge in [0.25, 0.3) is 5.91 Å². The molecule has 0 saturated heterocycles. The molecule has 190 valence electrons. The normalized spacial score (nSPS) is 11.6. The van der Waals surface area contributed by atoms with Gasteiger partial charge in [-0.15, -0.1) is 0 Å². The molecule has 2 aromatic carbocycles. The largest absolute Gasteiger partial charge is 0.478 e. The molecule has 0 unspecified atom stereocenters. The maximum atomic E-state index is 13.4. The molecule has 0 spiro atoms. The van der Waals surface area contributed by atoms with Crippen LogP contribution in [0.3, 0.4) is 0 Å². The molecule has 1 aromatic heterocycles. The van der Waals surface area contributed by atoms with Gasteiger partial charge in [-0.3, -0.25) is 14.8 Å². The third-order valence-electron chi connectivity index (χ3n) is 5.75. The van der Waals surface area contributed by atoms with Gasteiger partial charge in [-0.1, -0.05) is 37.6 Å². The Morgan fingerprint density at radius 2 is 1.72 bits per heavy atom. The summed E-state index contributed by atoms with van der Waals surface area (Å²) in [5, 5.41) is 21.1. The second kappa shape index (κ2) is 13.2. The lowest BCUT2D eigenvalue weighted by Crippen LogP contribution is -2.41. The number of carbonyl (C=O) groups excluding carboxylic acids is 2. The fraction of sp³-hybridized carbons (Fsp3) is 0.308. The number of carbonyl (C=O) groups is 3. The maximum absolute atomic E-state index is 13.4. The van der Waals surface area contributed by atoms with Gasteiger partial charge >= 0.3 is 5.97 Å². The maximum Gasteiger partial charge on any atom is 0.335 e. The Labute approximate surface area is 223 Å². The Morgan fingerprint density at radius 3 is 2.33 bits per heavy atom. The minimum Gasteiger partial charge on any atom is -0.478 e. The first-order valence-corrected chi connectivity index (χ1v) is 12.7. The molecule has 0 aliphatic carbocycles. The lowest BCUT2D eigenvalue weighted by atomic mass is 10.0. The zero-order chi connectivity index (χ0) is 26.1. The van der Waals surface area contributed by atoms with Crippen LogP contribution in [0.25, 0.3) is 0 Å². The van der Waals surface area contributed by atoms with Gasteiger partial charge in [0.1, 0.15) is 11.5 Å². The van der Waals surface area contributed by atoms with Crippen LogP contribution in [0.15, 0.2) is 54.7 Å². The van der Waals surface area contributed by atoms with Crippen molar-refractivity contribution in [1.82, 2.24) is 20.3 Å². The van der Waals surface area contributed by atoms with E-state index in [1.54, 1.807) is 17.6 Å². The number of rotatable bonds is 12. The Bertz CT molecular complexity index is 1190. The number of halogens is 1. The second-order valence-corrected chi connectivity index (χ2v) is 9.74. The summed E-state index contributed by atoms with van der Waals surface area (Å²) in [6, 6.07) is 13.7. The smallest absolute Gasteiger partial charge is 0.335 e. The molecule has 3 rings (SSSR count). The lowest BCUT2D eigenvalue weighted by Gasteiger charge is -2.19. The van der Waals surface area contributed by atoms with Crippen LogP contribution in [0.1, 0.15) is 64.0 Å². The van der Waals surface area contributed by atoms with Crippen molar-refractivity contribution in [2.24, 2.45) is 0 Å². The average Bonchev–Trinajstić information content (AvgIpc) is 3.26. The standard InChI is InChI=1S/C26H29IN4O5/c1-2-3-4-23-28-15-22(31(23)16-18-5-9-19(10-6-18)26(34)35)25(33)29-21(14-24(32)30-36)13-17-7-11-20(27)12-8-17/h5-12,15,21,36H,2-4,13-14,16H2,1H3,(H,29,33)(H,30,32)(H,34,35)/t21-/m0/s1. The van der Waals surface area contributed by atoms with E-state index in [0.717, 1.165) is 33.4 Å². The highest BCUT2D eigenvalue weighted by molar-refractivity contribution is 14.1. The van der Waals surface area contributed by atoms with Crippen LogP contribution in [0.2, 0.25) is 0 Å². The highest BCUT2D eigenvalue weighted by Gasteiger charge is 2.22. The lowest BCUT2D eigenvalue weighted by molar-refractivity contribution is -0.129. The highest BCUT2D eigenvalue weighted by Crippen LogP contribution is 2.16. The number of nitrogens with zero attached hydrogens (tertiary/aromatic N) is 2. The number of benzene rings is 2. The van der Waals surface area contributed by atoms with Crippen LogP contribution >= 0.6 is 22.6 Å². The topological polar surface area (TPSA) is 134 Å². The molecule has 9 nitrogen and oxygen atoms in total. The number of hydrogen-bond acceptors (Lipinski definition) is 5. The van der Waals surface area contributed by atoms with Gasteiger partial charge in [0, 0.05) is 29.0 Å². The molecule has 36 heavy (non-hydrogen) atoms. The van der Waals surface area contributed by atoms with Crippen molar-refractivity contribution in [2.45, 2.75) is 51.6 Å². The summed E-state index contributed by atoms with van der Waals surface area (Å²) in [5.41, 5.74) is 3.95. The quantitative estimate of drug-likeness (QED) is 0.141. The van der Waals surface area contributed by atoms with Gasteiger partial charge < -0.3 is 15.0 Å². The van der Waals surface area contributed by atoms with Crippen molar-refractivity contribution >= 4 is 40.4 Å². The molecule has 0 bridgehead atoms. The molecular formula is C26H29IN4O5. The molecule has 0 aliphatic heterocycles. The van der Waals surface area contributed by atoms with Crippen LogP contribution in [-0.4, -0.2) is 43.7 Å². The third kappa shape index (κ3) is 7.62. The fourth-order valence-electron chi connectivity index (χ4n) is 3.85. The third-order valence-corrected chi connectivity index (χ3v) is 6.47. The molecule has 1 heterocycles. The number of carboxylic acid groups (broad SMARTS) is 1. The first-order chi connectivity index (χ1) is 17.3. The second-order valence-electron chi connectivity index (χ2n) is 8.49. The van der Waals surface area contributed by atoms with Gasteiger partial charge in [-0.25, -0.2) is 15.3 Å². The zero-order valence-corrected chi connectivity index (χ0v) is 22.1. The molecule has 0 fully saturated rings. The van der Waals surface area contributed by atoms with E-state index in [9.17, 15) is 14.4 Å². The van der Waals surface area contributed by atoms with Crippen molar-refractivity contribution in [1.29, 1.82) is 0 Å². The molecule has 10 heteroatoms. The van der Waals surface area contributed by atoms with E-state index in [4.69, 9.17) is 10.3 Å². The predicted molar refractivity (Wildman–Crippen MR) is 142 cm³/mol. The van der Waals surface area contributed by atoms with Crippen LogP contribution in [-0.2, 0) is 24.2 Å². The number of imidazole rings is 1. The number of aromatic nitrogens is 2. The first-order valence-electron chi connectivity index (χ1n) is 11.7. The molecule has 3 aromatic rings. The molecular weight excluding hydrogens is 575 g/mol. The minimum atomic E-state index is -1.00. The van der Waals surface area contributed by atoms with Crippen LogP contribution in [0.4, 0.5) is 0 Å². The highest BCUT2D eigenvalue weighted by atomic mass is 127. The summed E-state index contributed by atoms with van der Waals surface area (Å²) in [5.74, 6) is -1.22. The molecule has 2 amide bonds. The summed E-state index contributed by atoms with van der Waals surface area (Å²) >= 11 is 2.21. The van der Waals surface area contributed by atoms with E-state index in [0.29, 0.717) is 25.1 Å². The number of nitrogens with one attached hydrogen (secondary N) is 2. The number of aromatic carboxylic acids is 1. The van der Waals surface area contributed by atoms with Gasteiger partial charge in [-0.2, -0.15) is 0 Å². The Kier molecular flexibility index (Phi) is 10.00. The van der Waals surface area contributed by atoms with Crippen molar-refractivity contribution < 1.29 is 24.7 Å². The molecule has 0 saturated carbocycles. The Morgan fingerprint density at radius 1 is 1.06 bits per heavy atom. The van der Waals surface area contributed by atoms with E-state index < -0.39 is 17.9 Å². The van der Waals surface area contributed by atoms with E-state index in [-0.39, 0.29) is 17.9 Å². The molecule has 0 radical (unpaired) electrons. The van der Waals surface area contributed by atoms with Crippen molar-refractivity contribution in [2.75, 3.05) is 0 Å². The molecule has 1 atom stereocenters. The average molecular weight is 604 g/mol. The summed E-state index contributed by atoms with van der Waals surface area (Å²) < 4.78 is 2.90. The number of hydroxylamine groups is 1. The summed E-state index contributed by atoms with van der Waals surface area (Å²) in [6.45, 7) is 2.42. The molecule has 4 N–H and O–H groups in total. The number of unbranched alkanes of at least 4 members (excludes halogenated alkanes) is 1. The Hall–Kier alpha value is -3.25. The van der Waals surface area contributed by atoms with Crippen molar-refractivity contribution in [3.63, 3.8) is 0 Å². The number of amides is 2. The van der Waals surface area contributed by atoms with E-state index in [1.165, 1.54) is 18.3 Å². The minimum absolute atomic E-state index is 0.0955. The molecule has 0 aliphatic rings.